The fourth-order valence-corrected chi connectivity index (χ4v) is 2.59. The maximum absolute atomic E-state index is 12.1. The second kappa shape index (κ2) is 6.24. The Kier molecular flexibility index (Phi) is 5.26. The molecule has 0 aliphatic carbocycles. The summed E-state index contributed by atoms with van der Waals surface area (Å²) in [7, 11) is 0. The van der Waals surface area contributed by atoms with Crippen LogP contribution in [0, 0.1) is 11.8 Å². The van der Waals surface area contributed by atoms with Gasteiger partial charge in [-0.05, 0) is 31.1 Å². The number of nitrogens with two attached hydrogens (primary N) is 1. The molecule has 1 rings (SSSR count). The van der Waals surface area contributed by atoms with Crippen molar-refractivity contribution in [3.63, 3.8) is 0 Å². The van der Waals surface area contributed by atoms with E-state index >= 15 is 0 Å². The van der Waals surface area contributed by atoms with Crippen molar-refractivity contribution in [3.05, 3.63) is 0 Å². The minimum absolute atomic E-state index is 0.155. The number of carbonyl (C=O) groups is 1. The van der Waals surface area contributed by atoms with Gasteiger partial charge < -0.3 is 10.6 Å². The summed E-state index contributed by atoms with van der Waals surface area (Å²) in [5.74, 6) is 1.49. The lowest BCUT2D eigenvalue weighted by atomic mass is 9.97. The number of nitrogens with zero attached hydrogens (tertiary/aromatic N) is 1. The van der Waals surface area contributed by atoms with Gasteiger partial charge in [-0.25, -0.2) is 0 Å². The number of hydrogen-bond donors (Lipinski definition) is 1. The van der Waals surface area contributed by atoms with Crippen LogP contribution < -0.4 is 5.73 Å². The first-order valence-corrected chi connectivity index (χ1v) is 6.59. The standard InChI is InChI=1S/C13H26N2O/c1-4-5-12(14)13(16)15-7-6-10(2)8-11(3)9-15/h10-12H,4-9,14H2,1-3H3. The zero-order valence-corrected chi connectivity index (χ0v) is 10.9. The molecule has 0 bridgehead atoms. The second-order valence-corrected chi connectivity index (χ2v) is 5.41. The Morgan fingerprint density at radius 1 is 1.44 bits per heavy atom. The van der Waals surface area contributed by atoms with E-state index in [4.69, 9.17) is 5.73 Å². The molecular formula is C13H26N2O. The van der Waals surface area contributed by atoms with Crippen LogP contribution in [0.2, 0.25) is 0 Å². The monoisotopic (exact) mass is 226 g/mol. The van der Waals surface area contributed by atoms with E-state index in [9.17, 15) is 4.79 Å². The molecule has 0 aromatic carbocycles. The molecule has 1 aliphatic heterocycles. The summed E-state index contributed by atoms with van der Waals surface area (Å²) in [5, 5.41) is 0. The Hall–Kier alpha value is -0.570. The van der Waals surface area contributed by atoms with Gasteiger partial charge in [0.15, 0.2) is 0 Å². The second-order valence-electron chi connectivity index (χ2n) is 5.41. The van der Waals surface area contributed by atoms with E-state index < -0.39 is 0 Å². The molecule has 3 atom stereocenters. The van der Waals surface area contributed by atoms with E-state index in [-0.39, 0.29) is 11.9 Å². The summed E-state index contributed by atoms with van der Waals surface area (Å²) in [6, 6.07) is -0.286. The van der Waals surface area contributed by atoms with Crippen LogP contribution in [0.1, 0.15) is 46.5 Å². The third kappa shape index (κ3) is 3.78. The van der Waals surface area contributed by atoms with E-state index in [1.54, 1.807) is 0 Å². The van der Waals surface area contributed by atoms with E-state index in [0.717, 1.165) is 38.3 Å². The molecule has 16 heavy (non-hydrogen) atoms. The molecule has 1 saturated heterocycles. The van der Waals surface area contributed by atoms with Crippen molar-refractivity contribution >= 4 is 5.91 Å². The first-order chi connectivity index (χ1) is 7.54. The van der Waals surface area contributed by atoms with Crippen LogP contribution in [0.3, 0.4) is 0 Å². The SMILES string of the molecule is CCCC(N)C(=O)N1CCC(C)CC(C)C1. The lowest BCUT2D eigenvalue weighted by Crippen LogP contribution is -2.45. The summed E-state index contributed by atoms with van der Waals surface area (Å²) < 4.78 is 0. The Balaban J connectivity index is 2.54. The van der Waals surface area contributed by atoms with Gasteiger partial charge in [0.1, 0.15) is 0 Å². The smallest absolute Gasteiger partial charge is 0.239 e. The molecule has 0 saturated carbocycles. The van der Waals surface area contributed by atoms with Crippen LogP contribution in [0.25, 0.3) is 0 Å². The van der Waals surface area contributed by atoms with Gasteiger partial charge in [0, 0.05) is 13.1 Å². The normalized spacial score (nSPS) is 28.6. The number of amides is 1. The van der Waals surface area contributed by atoms with Gasteiger partial charge in [-0.15, -0.1) is 0 Å². The minimum Gasteiger partial charge on any atom is -0.341 e. The van der Waals surface area contributed by atoms with Gasteiger partial charge in [-0.1, -0.05) is 27.2 Å². The van der Waals surface area contributed by atoms with Gasteiger partial charge in [0.25, 0.3) is 0 Å². The number of likely N-dealkylation sites (tertiary alicyclic amines) is 1. The topological polar surface area (TPSA) is 46.3 Å². The van der Waals surface area contributed by atoms with Crippen LogP contribution in [-0.4, -0.2) is 29.9 Å². The first kappa shape index (κ1) is 13.5. The van der Waals surface area contributed by atoms with Crippen molar-refractivity contribution in [2.45, 2.75) is 52.5 Å². The molecule has 0 radical (unpaired) electrons. The van der Waals surface area contributed by atoms with E-state index in [2.05, 4.69) is 20.8 Å². The molecule has 3 heteroatoms. The van der Waals surface area contributed by atoms with Crippen molar-refractivity contribution in [1.82, 2.24) is 4.90 Å². The highest BCUT2D eigenvalue weighted by Crippen LogP contribution is 2.21. The number of hydrogen-bond acceptors (Lipinski definition) is 2. The van der Waals surface area contributed by atoms with Crippen LogP contribution in [0.15, 0.2) is 0 Å². The molecule has 1 amide bonds. The van der Waals surface area contributed by atoms with E-state index in [0.29, 0.717) is 5.92 Å². The van der Waals surface area contributed by atoms with Crippen molar-refractivity contribution in [3.8, 4) is 0 Å². The lowest BCUT2D eigenvalue weighted by Gasteiger charge is -2.25. The lowest BCUT2D eigenvalue weighted by molar-refractivity contribution is -0.133. The fourth-order valence-electron chi connectivity index (χ4n) is 2.59. The van der Waals surface area contributed by atoms with Crippen LogP contribution in [0.4, 0.5) is 0 Å². The average molecular weight is 226 g/mol. The summed E-state index contributed by atoms with van der Waals surface area (Å²) >= 11 is 0. The Morgan fingerprint density at radius 3 is 2.75 bits per heavy atom. The molecule has 3 nitrogen and oxygen atoms in total. The van der Waals surface area contributed by atoms with Crippen molar-refractivity contribution in [2.24, 2.45) is 17.6 Å². The summed E-state index contributed by atoms with van der Waals surface area (Å²) in [4.78, 5) is 14.1. The van der Waals surface area contributed by atoms with Gasteiger partial charge in [0.2, 0.25) is 5.91 Å². The predicted molar refractivity (Wildman–Crippen MR) is 67.0 cm³/mol. The van der Waals surface area contributed by atoms with Gasteiger partial charge >= 0.3 is 0 Å². The average Bonchev–Trinajstić information content (AvgIpc) is 2.38. The number of carbonyl (C=O) groups excluding carboxylic acids is 1. The number of rotatable bonds is 3. The highest BCUT2D eigenvalue weighted by Gasteiger charge is 2.25. The molecule has 2 N–H and O–H groups in total. The largest absolute Gasteiger partial charge is 0.341 e. The first-order valence-electron chi connectivity index (χ1n) is 6.59. The van der Waals surface area contributed by atoms with Gasteiger partial charge in [-0.2, -0.15) is 0 Å². The summed E-state index contributed by atoms with van der Waals surface area (Å²) in [6.07, 6.45) is 4.13. The minimum atomic E-state index is -0.286. The maximum atomic E-state index is 12.1. The molecule has 3 unspecified atom stereocenters. The zero-order chi connectivity index (χ0) is 12.1. The van der Waals surface area contributed by atoms with Crippen LogP contribution in [0.5, 0.6) is 0 Å². The quantitative estimate of drug-likeness (QED) is 0.800. The molecule has 0 spiro atoms. The van der Waals surface area contributed by atoms with Crippen molar-refractivity contribution in [1.29, 1.82) is 0 Å². The van der Waals surface area contributed by atoms with E-state index in [1.807, 2.05) is 4.90 Å². The molecule has 0 aromatic rings. The Morgan fingerprint density at radius 2 is 2.12 bits per heavy atom. The fraction of sp³-hybridized carbons (Fsp3) is 0.923. The highest BCUT2D eigenvalue weighted by molar-refractivity contribution is 5.81. The zero-order valence-electron chi connectivity index (χ0n) is 10.9. The van der Waals surface area contributed by atoms with Crippen LogP contribution in [-0.2, 0) is 4.79 Å². The Labute approximate surface area is 99.4 Å². The predicted octanol–water partition coefficient (Wildman–Crippen LogP) is 2.01. The maximum Gasteiger partial charge on any atom is 0.239 e. The van der Waals surface area contributed by atoms with Crippen molar-refractivity contribution < 1.29 is 4.79 Å². The van der Waals surface area contributed by atoms with E-state index in [1.165, 1.54) is 6.42 Å². The molecule has 1 heterocycles. The highest BCUT2D eigenvalue weighted by atomic mass is 16.2. The Bertz CT molecular complexity index is 230. The van der Waals surface area contributed by atoms with Crippen molar-refractivity contribution in [2.75, 3.05) is 13.1 Å². The third-order valence-corrected chi connectivity index (χ3v) is 3.46. The van der Waals surface area contributed by atoms with Gasteiger partial charge in [0.05, 0.1) is 6.04 Å². The molecule has 1 fully saturated rings. The molecular weight excluding hydrogens is 200 g/mol. The van der Waals surface area contributed by atoms with Crippen LogP contribution >= 0.6 is 0 Å². The summed E-state index contributed by atoms with van der Waals surface area (Å²) in [6.45, 7) is 8.35. The molecule has 0 aromatic heterocycles. The molecule has 94 valence electrons. The summed E-state index contributed by atoms with van der Waals surface area (Å²) in [5.41, 5.74) is 5.90. The molecule has 1 aliphatic rings. The third-order valence-electron chi connectivity index (χ3n) is 3.46. The van der Waals surface area contributed by atoms with Gasteiger partial charge in [-0.3, -0.25) is 4.79 Å².